The van der Waals surface area contributed by atoms with Crippen molar-refractivity contribution in [3.8, 4) is 11.1 Å². The summed E-state index contributed by atoms with van der Waals surface area (Å²) in [6.07, 6.45) is 0. The van der Waals surface area contributed by atoms with Crippen molar-refractivity contribution in [3.05, 3.63) is 57.6 Å². The van der Waals surface area contributed by atoms with Crippen molar-refractivity contribution in [1.82, 2.24) is 0 Å². The summed E-state index contributed by atoms with van der Waals surface area (Å²) < 4.78 is 0. The second-order valence-electron chi connectivity index (χ2n) is 4.80. The van der Waals surface area contributed by atoms with Gasteiger partial charge < -0.3 is 10.2 Å². The fourth-order valence-electron chi connectivity index (χ4n) is 2.40. The first-order chi connectivity index (χ1) is 9.81. The summed E-state index contributed by atoms with van der Waals surface area (Å²) in [7, 11) is 0. The molecule has 0 spiro atoms. The average molecular weight is 305 g/mol. The summed E-state index contributed by atoms with van der Waals surface area (Å²) in [6.45, 7) is 3.54. The minimum absolute atomic E-state index is 0.0221. The largest absolute Gasteiger partial charge is 0.478 e. The zero-order valence-corrected chi connectivity index (χ0v) is 12.2. The number of benzene rings is 2. The van der Waals surface area contributed by atoms with E-state index in [1.807, 2.05) is 6.07 Å². The average Bonchev–Trinajstić information content (AvgIpc) is 2.37. The summed E-state index contributed by atoms with van der Waals surface area (Å²) >= 11 is 5.95. The van der Waals surface area contributed by atoms with E-state index < -0.39 is 11.9 Å². The molecule has 0 saturated heterocycles. The van der Waals surface area contributed by atoms with Gasteiger partial charge in [-0.25, -0.2) is 9.59 Å². The van der Waals surface area contributed by atoms with Crippen LogP contribution in [0, 0.1) is 13.8 Å². The highest BCUT2D eigenvalue weighted by molar-refractivity contribution is 6.31. The molecule has 0 aliphatic rings. The van der Waals surface area contributed by atoms with Crippen LogP contribution in [0.2, 0.25) is 5.02 Å². The lowest BCUT2D eigenvalue weighted by atomic mass is 9.90. The van der Waals surface area contributed by atoms with Gasteiger partial charge in [0.25, 0.3) is 0 Å². The quantitative estimate of drug-likeness (QED) is 0.898. The van der Waals surface area contributed by atoms with E-state index in [4.69, 9.17) is 11.6 Å². The molecular formula is C16H13ClO4. The molecule has 2 aromatic rings. The van der Waals surface area contributed by atoms with Gasteiger partial charge in [0.2, 0.25) is 0 Å². The Balaban J connectivity index is 2.87. The zero-order valence-electron chi connectivity index (χ0n) is 11.5. The molecule has 0 atom stereocenters. The second kappa shape index (κ2) is 5.58. The number of hydrogen-bond acceptors (Lipinski definition) is 2. The molecule has 108 valence electrons. The van der Waals surface area contributed by atoms with E-state index in [1.54, 1.807) is 13.8 Å². The van der Waals surface area contributed by atoms with Crippen molar-refractivity contribution < 1.29 is 19.8 Å². The van der Waals surface area contributed by atoms with Crippen LogP contribution in [0.4, 0.5) is 0 Å². The Hall–Kier alpha value is -2.33. The van der Waals surface area contributed by atoms with Gasteiger partial charge in [-0.05, 0) is 54.8 Å². The minimum Gasteiger partial charge on any atom is -0.478 e. The molecule has 5 heteroatoms. The first-order valence-electron chi connectivity index (χ1n) is 6.19. The van der Waals surface area contributed by atoms with Gasteiger partial charge in [-0.2, -0.15) is 0 Å². The third kappa shape index (κ3) is 2.90. The monoisotopic (exact) mass is 304 g/mol. The van der Waals surface area contributed by atoms with Crippen LogP contribution in [-0.4, -0.2) is 22.2 Å². The van der Waals surface area contributed by atoms with Crippen molar-refractivity contribution in [2.75, 3.05) is 0 Å². The predicted molar refractivity (Wildman–Crippen MR) is 80.3 cm³/mol. The summed E-state index contributed by atoms with van der Waals surface area (Å²) in [5.41, 5.74) is 2.27. The SMILES string of the molecule is Cc1cc(C)c(-c2cc(Cl)ccc2C(=O)O)c(C(=O)O)c1. The predicted octanol–water partition coefficient (Wildman–Crippen LogP) is 4.02. The molecule has 0 heterocycles. The Kier molecular flexibility index (Phi) is 4.00. The second-order valence-corrected chi connectivity index (χ2v) is 5.24. The van der Waals surface area contributed by atoms with Crippen LogP contribution in [0.1, 0.15) is 31.8 Å². The van der Waals surface area contributed by atoms with Gasteiger partial charge in [-0.3, -0.25) is 0 Å². The van der Waals surface area contributed by atoms with Gasteiger partial charge in [-0.15, -0.1) is 0 Å². The van der Waals surface area contributed by atoms with Crippen LogP contribution < -0.4 is 0 Å². The van der Waals surface area contributed by atoms with Crippen molar-refractivity contribution in [1.29, 1.82) is 0 Å². The highest BCUT2D eigenvalue weighted by Crippen LogP contribution is 2.33. The highest BCUT2D eigenvalue weighted by Gasteiger charge is 2.20. The molecule has 0 saturated carbocycles. The van der Waals surface area contributed by atoms with E-state index in [9.17, 15) is 19.8 Å². The van der Waals surface area contributed by atoms with Gasteiger partial charge in [0.1, 0.15) is 0 Å². The Labute approximate surface area is 126 Å². The highest BCUT2D eigenvalue weighted by atomic mass is 35.5. The summed E-state index contributed by atoms with van der Waals surface area (Å²) in [6, 6.07) is 7.67. The van der Waals surface area contributed by atoms with Crippen molar-refractivity contribution in [2.45, 2.75) is 13.8 Å². The first kappa shape index (κ1) is 15.1. The number of carboxylic acids is 2. The molecule has 2 N–H and O–H groups in total. The number of halogens is 1. The van der Waals surface area contributed by atoms with Crippen molar-refractivity contribution in [2.24, 2.45) is 0 Å². The van der Waals surface area contributed by atoms with Crippen LogP contribution >= 0.6 is 11.6 Å². The van der Waals surface area contributed by atoms with Crippen LogP contribution in [0.25, 0.3) is 11.1 Å². The van der Waals surface area contributed by atoms with E-state index in [0.717, 1.165) is 5.56 Å². The van der Waals surface area contributed by atoms with Gasteiger partial charge >= 0.3 is 11.9 Å². The van der Waals surface area contributed by atoms with Gasteiger partial charge in [0.05, 0.1) is 11.1 Å². The lowest BCUT2D eigenvalue weighted by Gasteiger charge is -2.14. The number of rotatable bonds is 3. The summed E-state index contributed by atoms with van der Waals surface area (Å²) in [5.74, 6) is -2.23. The van der Waals surface area contributed by atoms with E-state index >= 15 is 0 Å². The zero-order chi connectivity index (χ0) is 15.7. The molecule has 0 amide bonds. The van der Waals surface area contributed by atoms with Crippen LogP contribution in [0.15, 0.2) is 30.3 Å². The smallest absolute Gasteiger partial charge is 0.336 e. The lowest BCUT2D eigenvalue weighted by molar-refractivity contribution is 0.0684. The van der Waals surface area contributed by atoms with Gasteiger partial charge in [-0.1, -0.05) is 17.7 Å². The summed E-state index contributed by atoms with van der Waals surface area (Å²) in [4.78, 5) is 22.9. The third-order valence-electron chi connectivity index (χ3n) is 3.19. The van der Waals surface area contributed by atoms with Crippen LogP contribution in [-0.2, 0) is 0 Å². The summed E-state index contributed by atoms with van der Waals surface area (Å²) in [5, 5.41) is 19.0. The van der Waals surface area contributed by atoms with E-state index in [2.05, 4.69) is 0 Å². The fraction of sp³-hybridized carbons (Fsp3) is 0.125. The molecule has 0 bridgehead atoms. The third-order valence-corrected chi connectivity index (χ3v) is 3.43. The molecule has 2 aromatic carbocycles. The van der Waals surface area contributed by atoms with Gasteiger partial charge in [0, 0.05) is 10.6 Å². The van der Waals surface area contributed by atoms with Crippen molar-refractivity contribution in [3.63, 3.8) is 0 Å². The Morgan fingerprint density at radius 3 is 2.14 bits per heavy atom. The molecule has 0 aliphatic carbocycles. The van der Waals surface area contributed by atoms with Gasteiger partial charge in [0.15, 0.2) is 0 Å². The maximum atomic E-state index is 11.5. The lowest BCUT2D eigenvalue weighted by Crippen LogP contribution is -2.06. The standard InChI is InChI=1S/C16H13ClO4/c1-8-5-9(2)14(13(6-8)16(20)21)12-7-10(17)3-4-11(12)15(18)19/h3-7H,1-2H3,(H,18,19)(H,20,21). The molecule has 21 heavy (non-hydrogen) atoms. The maximum Gasteiger partial charge on any atom is 0.336 e. The molecule has 0 fully saturated rings. The van der Waals surface area contributed by atoms with Crippen molar-refractivity contribution >= 4 is 23.5 Å². The molecular weight excluding hydrogens is 292 g/mol. The number of carbonyl (C=O) groups is 2. The first-order valence-corrected chi connectivity index (χ1v) is 6.57. The molecule has 0 unspecified atom stereocenters. The Bertz CT molecular complexity index is 750. The molecule has 0 aliphatic heterocycles. The molecule has 2 rings (SSSR count). The van der Waals surface area contributed by atoms with E-state index in [-0.39, 0.29) is 11.1 Å². The van der Waals surface area contributed by atoms with Crippen LogP contribution in [0.5, 0.6) is 0 Å². The molecule has 0 aromatic heterocycles. The number of aromatic carboxylic acids is 2. The fourth-order valence-corrected chi connectivity index (χ4v) is 2.58. The van der Waals surface area contributed by atoms with E-state index in [0.29, 0.717) is 21.7 Å². The topological polar surface area (TPSA) is 74.6 Å². The normalized spacial score (nSPS) is 10.4. The maximum absolute atomic E-state index is 11.5. The number of aryl methyl sites for hydroxylation is 2. The Morgan fingerprint density at radius 2 is 1.57 bits per heavy atom. The number of hydrogen-bond donors (Lipinski definition) is 2. The Morgan fingerprint density at radius 1 is 0.952 bits per heavy atom. The minimum atomic E-state index is -1.13. The molecule has 4 nitrogen and oxygen atoms in total. The number of carboxylic acid groups (broad SMARTS) is 2. The molecule has 0 radical (unpaired) electrons. The van der Waals surface area contributed by atoms with E-state index in [1.165, 1.54) is 24.3 Å². The van der Waals surface area contributed by atoms with Crippen LogP contribution in [0.3, 0.4) is 0 Å².